The molecule has 0 bridgehead atoms. The molecule has 0 N–H and O–H groups in total. The largest absolute Gasteiger partial charge is 0.378 e. The lowest BCUT2D eigenvalue weighted by Crippen LogP contribution is -2.39. The molecule has 2 saturated heterocycles. The zero-order valence-electron chi connectivity index (χ0n) is 17.1. The van der Waals surface area contributed by atoms with E-state index in [1.807, 2.05) is 24.5 Å². The summed E-state index contributed by atoms with van der Waals surface area (Å²) in [6, 6.07) is 8.32. The maximum Gasteiger partial charge on any atom is 0.152 e. The molecule has 0 saturated carbocycles. The maximum atomic E-state index is 5.58. The van der Waals surface area contributed by atoms with Crippen LogP contribution < -0.4 is 14.7 Å². The first-order valence-electron chi connectivity index (χ1n) is 10.6. The number of allylic oxidation sites excluding steroid dienone is 2. The van der Waals surface area contributed by atoms with Gasteiger partial charge >= 0.3 is 0 Å². The van der Waals surface area contributed by atoms with Gasteiger partial charge in [0.25, 0.3) is 0 Å². The first kappa shape index (κ1) is 19.1. The van der Waals surface area contributed by atoms with Crippen molar-refractivity contribution < 1.29 is 9.47 Å². The lowest BCUT2D eigenvalue weighted by atomic mass is 10.1. The second-order valence-electron chi connectivity index (χ2n) is 7.54. The van der Waals surface area contributed by atoms with Crippen LogP contribution >= 0.6 is 0 Å². The molecule has 3 aliphatic rings. The van der Waals surface area contributed by atoms with E-state index in [1.165, 1.54) is 0 Å². The van der Waals surface area contributed by atoms with Gasteiger partial charge in [-0.25, -0.2) is 4.98 Å². The number of rotatable bonds is 4. The molecule has 7 heteroatoms. The SMILES string of the molecule is C1=CCN(c2cc(N3CCOCC3)cnc2N2CCOCC2)C(c2ccccn2)=C1. The Balaban J connectivity index is 1.56. The summed E-state index contributed by atoms with van der Waals surface area (Å²) < 4.78 is 11.1. The summed E-state index contributed by atoms with van der Waals surface area (Å²) >= 11 is 0. The summed E-state index contributed by atoms with van der Waals surface area (Å²) in [5.41, 5.74) is 4.31. The molecule has 0 atom stereocenters. The van der Waals surface area contributed by atoms with Crippen LogP contribution in [0, 0.1) is 0 Å². The predicted molar refractivity (Wildman–Crippen MR) is 119 cm³/mol. The van der Waals surface area contributed by atoms with E-state index in [4.69, 9.17) is 14.5 Å². The Kier molecular flexibility index (Phi) is 5.63. The second-order valence-corrected chi connectivity index (χ2v) is 7.54. The Labute approximate surface area is 177 Å². The third-order valence-electron chi connectivity index (χ3n) is 5.71. The van der Waals surface area contributed by atoms with Crippen LogP contribution in [0.15, 0.2) is 54.9 Å². The van der Waals surface area contributed by atoms with E-state index in [-0.39, 0.29) is 0 Å². The average molecular weight is 406 g/mol. The van der Waals surface area contributed by atoms with Crippen molar-refractivity contribution in [2.24, 2.45) is 0 Å². The third kappa shape index (κ3) is 3.91. The molecular formula is C23H27N5O2. The molecule has 2 fully saturated rings. The maximum absolute atomic E-state index is 5.58. The van der Waals surface area contributed by atoms with E-state index in [0.717, 1.165) is 87.7 Å². The van der Waals surface area contributed by atoms with Crippen LogP contribution in [0.25, 0.3) is 5.70 Å². The number of aromatic nitrogens is 2. The fraction of sp³-hybridized carbons (Fsp3) is 0.391. The van der Waals surface area contributed by atoms with Gasteiger partial charge < -0.3 is 24.2 Å². The van der Waals surface area contributed by atoms with E-state index < -0.39 is 0 Å². The molecule has 7 nitrogen and oxygen atoms in total. The van der Waals surface area contributed by atoms with Gasteiger partial charge in [0.05, 0.1) is 55.4 Å². The summed E-state index contributed by atoms with van der Waals surface area (Å²) in [7, 11) is 0. The van der Waals surface area contributed by atoms with Crippen molar-refractivity contribution in [3.05, 3.63) is 60.6 Å². The molecule has 0 aliphatic carbocycles. The molecule has 156 valence electrons. The van der Waals surface area contributed by atoms with Gasteiger partial charge in [-0.15, -0.1) is 0 Å². The van der Waals surface area contributed by atoms with E-state index in [9.17, 15) is 0 Å². The van der Waals surface area contributed by atoms with Crippen LogP contribution in [0.1, 0.15) is 5.69 Å². The molecule has 30 heavy (non-hydrogen) atoms. The van der Waals surface area contributed by atoms with Crippen molar-refractivity contribution >= 4 is 22.9 Å². The Bertz CT molecular complexity index is 918. The lowest BCUT2D eigenvalue weighted by Gasteiger charge is -2.36. The first-order chi connectivity index (χ1) is 14.9. The predicted octanol–water partition coefficient (Wildman–Crippen LogP) is 2.57. The van der Waals surface area contributed by atoms with Crippen LogP contribution in [0.2, 0.25) is 0 Å². The van der Waals surface area contributed by atoms with E-state index in [1.54, 1.807) is 0 Å². The summed E-state index contributed by atoms with van der Waals surface area (Å²) in [4.78, 5) is 16.6. The smallest absolute Gasteiger partial charge is 0.152 e. The van der Waals surface area contributed by atoms with Gasteiger partial charge in [0.1, 0.15) is 0 Å². The zero-order chi connectivity index (χ0) is 20.2. The highest BCUT2D eigenvalue weighted by molar-refractivity contribution is 5.86. The number of anilines is 3. The molecule has 0 amide bonds. The van der Waals surface area contributed by atoms with Gasteiger partial charge in [0, 0.05) is 38.9 Å². The van der Waals surface area contributed by atoms with E-state index >= 15 is 0 Å². The van der Waals surface area contributed by atoms with Crippen LogP contribution in [0.3, 0.4) is 0 Å². The minimum Gasteiger partial charge on any atom is -0.378 e. The quantitative estimate of drug-likeness (QED) is 0.775. The number of hydrogen-bond donors (Lipinski definition) is 0. The van der Waals surface area contributed by atoms with Gasteiger partial charge in [-0.3, -0.25) is 4.98 Å². The third-order valence-corrected chi connectivity index (χ3v) is 5.71. The van der Waals surface area contributed by atoms with Crippen molar-refractivity contribution in [1.82, 2.24) is 9.97 Å². The molecule has 0 unspecified atom stereocenters. The molecule has 0 spiro atoms. The lowest BCUT2D eigenvalue weighted by molar-refractivity contribution is 0.122. The Hall–Kier alpha value is -2.90. The summed E-state index contributed by atoms with van der Waals surface area (Å²) in [6.07, 6.45) is 10.3. The minimum atomic E-state index is 0.731. The topological polar surface area (TPSA) is 54.0 Å². The molecular weight excluding hydrogens is 378 g/mol. The van der Waals surface area contributed by atoms with Gasteiger partial charge in [0.15, 0.2) is 5.82 Å². The Morgan fingerprint density at radius 2 is 1.63 bits per heavy atom. The molecule has 3 aliphatic heterocycles. The number of ether oxygens (including phenoxy) is 2. The highest BCUT2D eigenvalue weighted by atomic mass is 16.5. The van der Waals surface area contributed by atoms with Gasteiger partial charge in [-0.1, -0.05) is 18.2 Å². The first-order valence-corrected chi connectivity index (χ1v) is 10.6. The average Bonchev–Trinajstić information content (AvgIpc) is 2.85. The van der Waals surface area contributed by atoms with E-state index in [0.29, 0.717) is 0 Å². The van der Waals surface area contributed by atoms with Crippen LogP contribution in [0.5, 0.6) is 0 Å². The summed E-state index contributed by atoms with van der Waals surface area (Å²) in [6.45, 7) is 7.24. The van der Waals surface area contributed by atoms with Crippen molar-refractivity contribution in [2.45, 2.75) is 0 Å². The fourth-order valence-electron chi connectivity index (χ4n) is 4.13. The number of nitrogens with zero attached hydrogens (tertiary/aromatic N) is 5. The summed E-state index contributed by atoms with van der Waals surface area (Å²) in [5, 5.41) is 0. The molecule has 2 aromatic heterocycles. The molecule has 5 rings (SSSR count). The van der Waals surface area contributed by atoms with Crippen molar-refractivity contribution in [3.63, 3.8) is 0 Å². The van der Waals surface area contributed by atoms with Gasteiger partial charge in [0.2, 0.25) is 0 Å². The van der Waals surface area contributed by atoms with Gasteiger partial charge in [-0.2, -0.15) is 0 Å². The van der Waals surface area contributed by atoms with Crippen LogP contribution in [-0.4, -0.2) is 69.1 Å². The monoisotopic (exact) mass is 405 g/mol. The minimum absolute atomic E-state index is 0.731. The highest BCUT2D eigenvalue weighted by Crippen LogP contribution is 2.37. The van der Waals surface area contributed by atoms with Crippen molar-refractivity contribution in [3.8, 4) is 0 Å². The molecule has 2 aromatic rings. The normalized spacial score (nSPS) is 19.7. The number of pyridine rings is 2. The highest BCUT2D eigenvalue weighted by Gasteiger charge is 2.25. The number of hydrogen-bond acceptors (Lipinski definition) is 7. The molecule has 0 aromatic carbocycles. The zero-order valence-corrected chi connectivity index (χ0v) is 17.1. The summed E-state index contributed by atoms with van der Waals surface area (Å²) in [5.74, 6) is 1.01. The molecule has 5 heterocycles. The fourth-order valence-corrected chi connectivity index (χ4v) is 4.13. The Morgan fingerprint density at radius 3 is 2.37 bits per heavy atom. The Morgan fingerprint density at radius 1 is 0.867 bits per heavy atom. The molecule has 0 radical (unpaired) electrons. The van der Waals surface area contributed by atoms with Crippen LogP contribution in [0.4, 0.5) is 17.2 Å². The second kappa shape index (κ2) is 8.85. The van der Waals surface area contributed by atoms with Crippen molar-refractivity contribution in [2.75, 3.05) is 73.9 Å². The number of morpholine rings is 2. The van der Waals surface area contributed by atoms with Crippen molar-refractivity contribution in [1.29, 1.82) is 0 Å². The van der Waals surface area contributed by atoms with Crippen LogP contribution in [-0.2, 0) is 9.47 Å². The van der Waals surface area contributed by atoms with E-state index in [2.05, 4.69) is 50.0 Å². The van der Waals surface area contributed by atoms with Gasteiger partial charge in [-0.05, 0) is 24.3 Å². The standard InChI is InChI=1S/C23H27N5O2/c1-3-7-24-20(5-1)21-6-2-4-8-28(21)22-17-19(26-9-13-29-14-10-26)18-25-23(22)27-11-15-30-16-12-27/h1-7,17-18H,8-16H2.